The van der Waals surface area contributed by atoms with Crippen LogP contribution in [0.3, 0.4) is 0 Å². The highest BCUT2D eigenvalue weighted by molar-refractivity contribution is 6.06. The summed E-state index contributed by atoms with van der Waals surface area (Å²) in [5, 5.41) is 20.6. The summed E-state index contributed by atoms with van der Waals surface area (Å²) in [6.45, 7) is 4.20. The van der Waals surface area contributed by atoms with Crippen molar-refractivity contribution in [2.24, 2.45) is 0 Å². The fraction of sp³-hybridized carbons (Fsp3) is 0.333. The minimum absolute atomic E-state index is 0.00172. The van der Waals surface area contributed by atoms with Crippen molar-refractivity contribution in [3.63, 3.8) is 0 Å². The number of hydrogen-bond donors (Lipinski definition) is 2. The van der Waals surface area contributed by atoms with Crippen molar-refractivity contribution in [3.05, 3.63) is 41.1 Å². The van der Waals surface area contributed by atoms with Crippen LogP contribution in [0.2, 0.25) is 0 Å². The number of nitrogens with zero attached hydrogens (tertiary/aromatic N) is 2. The predicted molar refractivity (Wildman–Crippen MR) is 78.0 cm³/mol. The minimum atomic E-state index is -0.453. The third-order valence-corrected chi connectivity index (χ3v) is 3.02. The van der Waals surface area contributed by atoms with Gasteiger partial charge in [0.05, 0.1) is 6.61 Å². The van der Waals surface area contributed by atoms with E-state index < -0.39 is 5.91 Å². The number of likely N-dealkylation sites (N-methyl/N-ethyl adjacent to an activating group) is 1. The molecule has 5 heteroatoms. The van der Waals surface area contributed by atoms with Crippen LogP contribution in [0.1, 0.15) is 11.1 Å². The molecule has 0 aliphatic carbocycles. The Morgan fingerprint density at radius 2 is 2.20 bits per heavy atom. The Kier molecular flexibility index (Phi) is 5.75. The molecule has 0 saturated heterocycles. The standard InChI is InChI=1S/C15H19N3O2/c1-11-5-4-6-14(12(11)2)17-15(20)13(9-16)10-18(3)7-8-19/h4-6,10,19H,7-8H2,1-3H3,(H,17,20)/b13-10-. The number of nitriles is 1. The summed E-state index contributed by atoms with van der Waals surface area (Å²) < 4.78 is 0. The number of carbonyl (C=O) groups is 1. The maximum Gasteiger partial charge on any atom is 0.267 e. The Labute approximate surface area is 119 Å². The highest BCUT2D eigenvalue weighted by Gasteiger charge is 2.12. The zero-order chi connectivity index (χ0) is 15.1. The van der Waals surface area contributed by atoms with E-state index in [0.29, 0.717) is 12.2 Å². The third-order valence-electron chi connectivity index (χ3n) is 3.02. The van der Waals surface area contributed by atoms with E-state index in [-0.39, 0.29) is 12.2 Å². The summed E-state index contributed by atoms with van der Waals surface area (Å²) in [4.78, 5) is 13.7. The lowest BCUT2D eigenvalue weighted by molar-refractivity contribution is -0.112. The van der Waals surface area contributed by atoms with E-state index >= 15 is 0 Å². The van der Waals surface area contributed by atoms with Gasteiger partial charge in [-0.05, 0) is 31.0 Å². The lowest BCUT2D eigenvalue weighted by atomic mass is 10.1. The van der Waals surface area contributed by atoms with E-state index in [0.717, 1.165) is 11.1 Å². The Morgan fingerprint density at radius 1 is 1.50 bits per heavy atom. The van der Waals surface area contributed by atoms with Crippen LogP contribution in [-0.2, 0) is 4.79 Å². The molecule has 106 valence electrons. The molecular weight excluding hydrogens is 254 g/mol. The first-order valence-corrected chi connectivity index (χ1v) is 6.30. The quantitative estimate of drug-likeness (QED) is 0.630. The molecule has 0 aromatic heterocycles. The van der Waals surface area contributed by atoms with Crippen LogP contribution in [0.5, 0.6) is 0 Å². The zero-order valence-corrected chi connectivity index (χ0v) is 12.0. The lowest BCUT2D eigenvalue weighted by Crippen LogP contribution is -2.20. The minimum Gasteiger partial charge on any atom is -0.395 e. The van der Waals surface area contributed by atoms with Gasteiger partial charge in [-0.25, -0.2) is 0 Å². The number of anilines is 1. The van der Waals surface area contributed by atoms with Crippen LogP contribution in [0, 0.1) is 25.2 Å². The van der Waals surface area contributed by atoms with Crippen LogP contribution in [0.15, 0.2) is 30.0 Å². The van der Waals surface area contributed by atoms with Crippen molar-refractivity contribution in [3.8, 4) is 6.07 Å². The van der Waals surface area contributed by atoms with Crippen LogP contribution < -0.4 is 5.32 Å². The van der Waals surface area contributed by atoms with Crippen LogP contribution in [0.25, 0.3) is 0 Å². The predicted octanol–water partition coefficient (Wildman–Crippen LogP) is 1.57. The Morgan fingerprint density at radius 3 is 2.80 bits per heavy atom. The number of aryl methyl sites for hydroxylation is 1. The molecule has 0 heterocycles. The summed E-state index contributed by atoms with van der Waals surface area (Å²) in [6.07, 6.45) is 1.43. The summed E-state index contributed by atoms with van der Waals surface area (Å²) in [5.74, 6) is -0.453. The number of aliphatic hydroxyl groups is 1. The maximum absolute atomic E-state index is 12.1. The van der Waals surface area contributed by atoms with Gasteiger partial charge in [0, 0.05) is 25.5 Å². The van der Waals surface area contributed by atoms with E-state index in [4.69, 9.17) is 10.4 Å². The van der Waals surface area contributed by atoms with Gasteiger partial charge in [0.25, 0.3) is 5.91 Å². The molecule has 0 bridgehead atoms. The summed E-state index contributed by atoms with van der Waals surface area (Å²) in [7, 11) is 1.69. The number of amides is 1. The fourth-order valence-electron chi connectivity index (χ4n) is 1.66. The third kappa shape index (κ3) is 4.11. The molecule has 0 fully saturated rings. The van der Waals surface area contributed by atoms with Crippen molar-refractivity contribution in [2.45, 2.75) is 13.8 Å². The summed E-state index contributed by atoms with van der Waals surface area (Å²) in [6, 6.07) is 7.48. The number of nitrogens with one attached hydrogen (secondary N) is 1. The second kappa shape index (κ2) is 7.31. The fourth-order valence-corrected chi connectivity index (χ4v) is 1.66. The van der Waals surface area contributed by atoms with Gasteiger partial charge in [-0.1, -0.05) is 12.1 Å². The molecule has 0 atom stereocenters. The van der Waals surface area contributed by atoms with Gasteiger partial charge in [0.15, 0.2) is 0 Å². The van der Waals surface area contributed by atoms with Crippen molar-refractivity contribution in [1.29, 1.82) is 5.26 Å². The number of hydrogen-bond acceptors (Lipinski definition) is 4. The number of aliphatic hydroxyl groups excluding tert-OH is 1. The molecule has 0 spiro atoms. The van der Waals surface area contributed by atoms with E-state index in [9.17, 15) is 4.79 Å². The SMILES string of the molecule is Cc1cccc(NC(=O)/C(C#N)=C\N(C)CCO)c1C. The molecule has 5 nitrogen and oxygen atoms in total. The molecule has 20 heavy (non-hydrogen) atoms. The number of benzene rings is 1. The molecule has 2 N–H and O–H groups in total. The number of carbonyl (C=O) groups excluding carboxylic acids is 1. The van der Waals surface area contributed by atoms with E-state index in [1.807, 2.05) is 32.0 Å². The Hall–Kier alpha value is -2.32. The first-order chi connectivity index (χ1) is 9.49. The Bertz CT molecular complexity index is 559. The monoisotopic (exact) mass is 273 g/mol. The molecule has 0 saturated carbocycles. The molecule has 1 rings (SSSR count). The van der Waals surface area contributed by atoms with Gasteiger partial charge in [-0.3, -0.25) is 4.79 Å². The smallest absolute Gasteiger partial charge is 0.267 e. The van der Waals surface area contributed by atoms with E-state index in [1.54, 1.807) is 18.0 Å². The summed E-state index contributed by atoms with van der Waals surface area (Å²) in [5.41, 5.74) is 2.74. The molecule has 0 aliphatic rings. The topological polar surface area (TPSA) is 76.4 Å². The second-order valence-electron chi connectivity index (χ2n) is 4.56. The van der Waals surface area contributed by atoms with Gasteiger partial charge >= 0.3 is 0 Å². The second-order valence-corrected chi connectivity index (χ2v) is 4.56. The number of rotatable bonds is 5. The molecular formula is C15H19N3O2. The van der Waals surface area contributed by atoms with E-state index in [2.05, 4.69) is 5.32 Å². The van der Waals surface area contributed by atoms with E-state index in [1.165, 1.54) is 6.20 Å². The Balaban J connectivity index is 2.89. The molecule has 0 aliphatic heterocycles. The van der Waals surface area contributed by atoms with Gasteiger partial charge in [0.2, 0.25) is 0 Å². The van der Waals surface area contributed by atoms with Crippen molar-refractivity contribution in [1.82, 2.24) is 4.90 Å². The molecule has 0 unspecified atom stereocenters. The van der Waals surface area contributed by atoms with Crippen LogP contribution in [-0.4, -0.2) is 36.1 Å². The average molecular weight is 273 g/mol. The highest BCUT2D eigenvalue weighted by atomic mass is 16.3. The van der Waals surface area contributed by atoms with Crippen molar-refractivity contribution < 1.29 is 9.90 Å². The first kappa shape index (κ1) is 15.7. The van der Waals surface area contributed by atoms with Crippen LogP contribution in [0.4, 0.5) is 5.69 Å². The van der Waals surface area contributed by atoms with Gasteiger partial charge in [-0.2, -0.15) is 5.26 Å². The first-order valence-electron chi connectivity index (χ1n) is 6.30. The zero-order valence-electron chi connectivity index (χ0n) is 12.0. The van der Waals surface area contributed by atoms with Gasteiger partial charge in [0.1, 0.15) is 11.6 Å². The van der Waals surface area contributed by atoms with Crippen molar-refractivity contribution in [2.75, 3.05) is 25.5 Å². The van der Waals surface area contributed by atoms with Crippen LogP contribution >= 0.6 is 0 Å². The van der Waals surface area contributed by atoms with Crippen molar-refractivity contribution >= 4 is 11.6 Å². The summed E-state index contributed by atoms with van der Waals surface area (Å²) >= 11 is 0. The maximum atomic E-state index is 12.1. The highest BCUT2D eigenvalue weighted by Crippen LogP contribution is 2.18. The molecule has 1 amide bonds. The lowest BCUT2D eigenvalue weighted by Gasteiger charge is -2.13. The van der Waals surface area contributed by atoms with Gasteiger partial charge < -0.3 is 15.3 Å². The average Bonchev–Trinajstić information content (AvgIpc) is 2.41. The largest absolute Gasteiger partial charge is 0.395 e. The molecule has 0 radical (unpaired) electrons. The molecule has 1 aromatic rings. The normalized spacial score (nSPS) is 10.8. The van der Waals surface area contributed by atoms with Gasteiger partial charge in [-0.15, -0.1) is 0 Å². The molecule has 1 aromatic carbocycles.